The number of aliphatic imine (C=N–C) groups is 1. The number of rotatable bonds is 6. The second-order valence-corrected chi connectivity index (χ2v) is 9.33. The van der Waals surface area contributed by atoms with Gasteiger partial charge >= 0.3 is 12.0 Å². The summed E-state index contributed by atoms with van der Waals surface area (Å²) in [6, 6.07) is -2.11. The molecule has 1 N–H and O–H groups in total. The lowest BCUT2D eigenvalue weighted by Gasteiger charge is -2.31. The van der Waals surface area contributed by atoms with Crippen LogP contribution in [0.5, 0.6) is 0 Å². The molecule has 0 radical (unpaired) electrons. The maximum atomic E-state index is 13.0. The first-order chi connectivity index (χ1) is 15.6. The molecular weight excluding hydrogens is 456 g/mol. The van der Waals surface area contributed by atoms with Crippen LogP contribution in [0.25, 0.3) is 0 Å². The number of nitrogens with zero attached hydrogens (tertiary/aromatic N) is 7. The van der Waals surface area contributed by atoms with Crippen LogP contribution >= 0.6 is 0 Å². The highest BCUT2D eigenvalue weighted by Gasteiger charge is 2.53. The minimum absolute atomic E-state index is 0.109. The number of nitrogens with one attached hydrogen (secondary N) is 1. The van der Waals surface area contributed by atoms with E-state index in [2.05, 4.69) is 20.7 Å². The van der Waals surface area contributed by atoms with Crippen LogP contribution in [0.4, 0.5) is 4.79 Å². The van der Waals surface area contributed by atoms with Crippen LogP contribution in [0.1, 0.15) is 35.3 Å². The van der Waals surface area contributed by atoms with Crippen LogP contribution in [0.15, 0.2) is 23.6 Å². The standard InChI is InChI=1S/C18H24N8O6S/c1-19-17(22-31-14(27)6-5-11-7-20-23(2)9-11)16-15-12(8-21-24(15)3)13-10-25(16)18(28)26(13)32-33(4,29)30/h7-9,13,16H,5-6,10H2,1-4H3,(H,19,22)/t13-,16-/m0/s1. The average molecular weight is 481 g/mol. The third kappa shape index (κ3) is 4.41. The number of carbonyl (C=O) groups is 2. The normalized spacial score (nSPS) is 20.2. The highest BCUT2D eigenvalue weighted by atomic mass is 32.2. The zero-order chi connectivity index (χ0) is 23.9. The molecule has 0 saturated carbocycles. The van der Waals surface area contributed by atoms with E-state index in [9.17, 15) is 18.0 Å². The molecular formula is C18H24N8O6S. The summed E-state index contributed by atoms with van der Waals surface area (Å²) in [4.78, 5) is 36.0. The molecule has 15 heteroatoms. The zero-order valence-corrected chi connectivity index (χ0v) is 19.3. The Balaban J connectivity index is 1.51. The van der Waals surface area contributed by atoms with Crippen LogP contribution in [0, 0.1) is 0 Å². The molecule has 2 aliphatic heterocycles. The molecule has 2 aromatic rings. The molecule has 1 saturated heterocycles. The molecule has 14 nitrogen and oxygen atoms in total. The van der Waals surface area contributed by atoms with Gasteiger partial charge in [0.2, 0.25) is 0 Å². The summed E-state index contributed by atoms with van der Waals surface area (Å²) in [5.74, 6) is -0.337. The lowest BCUT2D eigenvalue weighted by molar-refractivity contribution is -0.147. The molecule has 1 fully saturated rings. The molecule has 178 valence electrons. The highest BCUT2D eigenvalue weighted by molar-refractivity contribution is 7.85. The quantitative estimate of drug-likeness (QED) is 0.330. The Hall–Kier alpha value is -3.46. The van der Waals surface area contributed by atoms with Crippen LogP contribution in [0.2, 0.25) is 0 Å². The number of urea groups is 1. The number of hydroxylamine groups is 3. The molecule has 0 unspecified atom stereocenters. The topological polar surface area (TPSA) is 153 Å². The highest BCUT2D eigenvalue weighted by Crippen LogP contribution is 2.44. The summed E-state index contributed by atoms with van der Waals surface area (Å²) in [6.45, 7) is 0.146. The van der Waals surface area contributed by atoms with Crippen molar-refractivity contribution in [2.45, 2.75) is 24.9 Å². The lowest BCUT2D eigenvalue weighted by Crippen LogP contribution is -2.45. The maximum Gasteiger partial charge on any atom is 0.346 e. The largest absolute Gasteiger partial charge is 0.346 e. The molecule has 2 aliphatic rings. The number of carbonyl (C=O) groups excluding carboxylic acids is 2. The van der Waals surface area contributed by atoms with Gasteiger partial charge in [-0.25, -0.2) is 15.1 Å². The smallest absolute Gasteiger partial charge is 0.342 e. The monoisotopic (exact) mass is 480 g/mol. The first-order valence-corrected chi connectivity index (χ1v) is 11.8. The van der Waals surface area contributed by atoms with E-state index in [4.69, 9.17) is 9.12 Å². The minimum atomic E-state index is -3.94. The molecule has 0 aromatic carbocycles. The summed E-state index contributed by atoms with van der Waals surface area (Å²) < 4.78 is 31.6. The number of aromatic nitrogens is 4. The predicted octanol–water partition coefficient (Wildman–Crippen LogP) is -0.413. The van der Waals surface area contributed by atoms with Gasteiger partial charge in [-0.2, -0.15) is 23.7 Å². The van der Waals surface area contributed by atoms with Crippen LogP contribution in [-0.2, 0) is 44.6 Å². The van der Waals surface area contributed by atoms with Crippen molar-refractivity contribution in [3.63, 3.8) is 0 Å². The molecule has 2 aromatic heterocycles. The van der Waals surface area contributed by atoms with Crippen molar-refractivity contribution >= 4 is 28.0 Å². The van der Waals surface area contributed by atoms with Crippen molar-refractivity contribution in [3.05, 3.63) is 35.4 Å². The molecule has 33 heavy (non-hydrogen) atoms. The zero-order valence-electron chi connectivity index (χ0n) is 18.5. The lowest BCUT2D eigenvalue weighted by atomic mass is 9.97. The Morgan fingerprint density at radius 1 is 1.30 bits per heavy atom. The fraction of sp³-hybridized carbons (Fsp3) is 0.500. The van der Waals surface area contributed by atoms with Crippen molar-refractivity contribution < 1.29 is 27.1 Å². The Kier molecular flexibility index (Phi) is 5.84. The van der Waals surface area contributed by atoms with Gasteiger partial charge in [-0.1, -0.05) is 0 Å². The van der Waals surface area contributed by atoms with E-state index in [1.165, 1.54) is 11.9 Å². The van der Waals surface area contributed by atoms with Gasteiger partial charge in [-0.05, 0) is 12.0 Å². The number of fused-ring (bicyclic) bond motifs is 4. The first-order valence-electron chi connectivity index (χ1n) is 10.00. The Labute approximate surface area is 189 Å². The summed E-state index contributed by atoms with van der Waals surface area (Å²) >= 11 is 0. The number of aryl methyl sites for hydroxylation is 3. The Morgan fingerprint density at radius 2 is 2.06 bits per heavy atom. The SMILES string of the molecule is CN=C(NOC(=O)CCc1cnn(C)c1)[C@@H]1c2c(cnn2C)[C@@H]2CN1C(=O)N2OS(C)(=O)=O. The van der Waals surface area contributed by atoms with Gasteiger partial charge < -0.3 is 9.74 Å². The van der Waals surface area contributed by atoms with Crippen molar-refractivity contribution in [1.29, 1.82) is 0 Å². The first kappa shape index (κ1) is 22.7. The average Bonchev–Trinajstić information content (AvgIpc) is 3.41. The van der Waals surface area contributed by atoms with E-state index in [1.807, 2.05) is 6.20 Å². The van der Waals surface area contributed by atoms with Crippen LogP contribution in [0.3, 0.4) is 0 Å². The molecule has 2 amide bonds. The third-order valence-corrected chi connectivity index (χ3v) is 5.82. The second-order valence-electron chi connectivity index (χ2n) is 7.77. The van der Waals surface area contributed by atoms with Gasteiger partial charge in [0.05, 0.1) is 37.3 Å². The Bertz CT molecular complexity index is 1220. The summed E-state index contributed by atoms with van der Waals surface area (Å²) in [5.41, 5.74) is 4.67. The van der Waals surface area contributed by atoms with E-state index < -0.39 is 34.2 Å². The fourth-order valence-corrected chi connectivity index (χ4v) is 4.44. The summed E-state index contributed by atoms with van der Waals surface area (Å²) in [6.07, 6.45) is 6.46. The summed E-state index contributed by atoms with van der Waals surface area (Å²) in [5, 5.41) is 9.13. The van der Waals surface area contributed by atoms with Crippen LogP contribution < -0.4 is 5.48 Å². The molecule has 0 aliphatic carbocycles. The van der Waals surface area contributed by atoms with E-state index in [0.29, 0.717) is 17.7 Å². The van der Waals surface area contributed by atoms with Crippen molar-refractivity contribution in [3.8, 4) is 0 Å². The van der Waals surface area contributed by atoms with Crippen LogP contribution in [-0.4, -0.2) is 75.6 Å². The number of hydrogen-bond acceptors (Lipinski definition) is 9. The Morgan fingerprint density at radius 3 is 2.70 bits per heavy atom. The van der Waals surface area contributed by atoms with E-state index >= 15 is 0 Å². The fourth-order valence-electron chi connectivity index (χ4n) is 3.98. The van der Waals surface area contributed by atoms with Gasteiger partial charge in [-0.3, -0.25) is 14.4 Å². The third-order valence-electron chi connectivity index (χ3n) is 5.39. The molecule has 2 bridgehead atoms. The van der Waals surface area contributed by atoms with Gasteiger partial charge in [0.15, 0.2) is 5.84 Å². The molecule has 2 atom stereocenters. The minimum Gasteiger partial charge on any atom is -0.342 e. The van der Waals surface area contributed by atoms with Gasteiger partial charge in [0.25, 0.3) is 10.1 Å². The van der Waals surface area contributed by atoms with E-state index in [1.54, 1.807) is 35.9 Å². The predicted molar refractivity (Wildman–Crippen MR) is 113 cm³/mol. The van der Waals surface area contributed by atoms with Gasteiger partial charge in [-0.15, -0.1) is 4.28 Å². The van der Waals surface area contributed by atoms with Gasteiger partial charge in [0.1, 0.15) is 12.1 Å². The summed E-state index contributed by atoms with van der Waals surface area (Å²) in [7, 11) is 1.03. The van der Waals surface area contributed by atoms with Gasteiger partial charge in [0, 0.05) is 32.9 Å². The maximum absolute atomic E-state index is 13.0. The number of amidine groups is 1. The van der Waals surface area contributed by atoms with E-state index in [-0.39, 0.29) is 18.8 Å². The van der Waals surface area contributed by atoms with Crippen molar-refractivity contribution in [2.75, 3.05) is 19.8 Å². The molecule has 4 rings (SSSR count). The van der Waals surface area contributed by atoms with Crippen molar-refractivity contribution in [2.24, 2.45) is 19.1 Å². The molecule has 4 heterocycles. The number of hydrogen-bond donors (Lipinski definition) is 1. The van der Waals surface area contributed by atoms with Crippen molar-refractivity contribution in [1.82, 2.24) is 35.0 Å². The molecule has 0 spiro atoms. The van der Waals surface area contributed by atoms with E-state index in [0.717, 1.165) is 16.9 Å². The second kappa shape index (κ2) is 8.47. The number of amides is 2.